The van der Waals surface area contributed by atoms with Gasteiger partial charge in [-0.3, -0.25) is 4.68 Å². The van der Waals surface area contributed by atoms with Crippen LogP contribution in [0.1, 0.15) is 29.8 Å². The summed E-state index contributed by atoms with van der Waals surface area (Å²) in [6.45, 7) is 5.44. The molecule has 0 aliphatic rings. The largest absolute Gasteiger partial charge is 0.389 e. The van der Waals surface area contributed by atoms with Crippen molar-refractivity contribution in [1.29, 1.82) is 0 Å². The van der Waals surface area contributed by atoms with Crippen LogP contribution in [0.5, 0.6) is 0 Å². The highest BCUT2D eigenvalue weighted by Gasteiger charge is 2.15. The normalized spacial score (nSPS) is 13.7. The van der Waals surface area contributed by atoms with Gasteiger partial charge in [0, 0.05) is 39.8 Å². The molecule has 1 aromatic carbocycles. The van der Waals surface area contributed by atoms with E-state index in [2.05, 4.69) is 15.3 Å². The molecule has 6 nitrogen and oxygen atoms in total. The number of benzene rings is 1. The molecule has 1 aromatic heterocycles. The predicted octanol–water partition coefficient (Wildman–Crippen LogP) is 2.02. The minimum Gasteiger partial charge on any atom is -0.389 e. The lowest BCUT2D eigenvalue weighted by Crippen LogP contribution is -2.31. The maximum Gasteiger partial charge on any atom is 0.130 e. The Morgan fingerprint density at radius 1 is 1.28 bits per heavy atom. The minimum atomic E-state index is -0.550. The molecule has 6 heteroatoms. The van der Waals surface area contributed by atoms with Crippen LogP contribution in [0.25, 0.3) is 0 Å². The van der Waals surface area contributed by atoms with E-state index in [0.717, 1.165) is 22.6 Å². The Morgan fingerprint density at radius 3 is 2.60 bits per heavy atom. The molecule has 0 bridgehead atoms. The SMILES string of the molecule is Cc1nn(C)c(N(C)C)c1CNC[C@@H](O)CO[C@@H](C)c1ccccc1. The molecular weight excluding hydrogens is 316 g/mol. The first-order valence-electron chi connectivity index (χ1n) is 8.65. The van der Waals surface area contributed by atoms with Gasteiger partial charge in [0.15, 0.2) is 0 Å². The van der Waals surface area contributed by atoms with Crippen LogP contribution in [0.2, 0.25) is 0 Å². The van der Waals surface area contributed by atoms with E-state index in [0.29, 0.717) is 19.7 Å². The van der Waals surface area contributed by atoms with Crippen molar-refractivity contribution in [3.63, 3.8) is 0 Å². The van der Waals surface area contributed by atoms with Gasteiger partial charge in [-0.05, 0) is 19.4 Å². The van der Waals surface area contributed by atoms with Gasteiger partial charge < -0.3 is 20.1 Å². The van der Waals surface area contributed by atoms with E-state index in [9.17, 15) is 5.11 Å². The first-order chi connectivity index (χ1) is 11.9. The number of nitrogens with one attached hydrogen (secondary N) is 1. The van der Waals surface area contributed by atoms with E-state index in [-0.39, 0.29) is 6.10 Å². The fourth-order valence-corrected chi connectivity index (χ4v) is 2.95. The Bertz CT molecular complexity index is 655. The Balaban J connectivity index is 1.78. The predicted molar refractivity (Wildman–Crippen MR) is 101 cm³/mol. The van der Waals surface area contributed by atoms with Crippen molar-refractivity contribution in [2.45, 2.75) is 32.6 Å². The number of hydrogen-bond donors (Lipinski definition) is 2. The lowest BCUT2D eigenvalue weighted by molar-refractivity contribution is -0.00212. The molecule has 0 radical (unpaired) electrons. The maximum absolute atomic E-state index is 10.2. The van der Waals surface area contributed by atoms with E-state index in [1.807, 2.05) is 70.0 Å². The van der Waals surface area contributed by atoms with Gasteiger partial charge in [0.25, 0.3) is 0 Å². The Hall–Kier alpha value is -1.89. The summed E-state index contributed by atoms with van der Waals surface area (Å²) >= 11 is 0. The van der Waals surface area contributed by atoms with E-state index in [4.69, 9.17) is 4.74 Å². The summed E-state index contributed by atoms with van der Waals surface area (Å²) in [6.07, 6.45) is -0.581. The number of aliphatic hydroxyl groups excluding tert-OH is 1. The quantitative estimate of drug-likeness (QED) is 0.727. The summed E-state index contributed by atoms with van der Waals surface area (Å²) in [5, 5.41) is 17.9. The molecule has 25 heavy (non-hydrogen) atoms. The van der Waals surface area contributed by atoms with Crippen molar-refractivity contribution in [3.8, 4) is 0 Å². The summed E-state index contributed by atoms with van der Waals surface area (Å²) in [5.41, 5.74) is 3.27. The van der Waals surface area contributed by atoms with Crippen molar-refractivity contribution in [2.24, 2.45) is 7.05 Å². The molecule has 1 heterocycles. The van der Waals surface area contributed by atoms with E-state index < -0.39 is 6.10 Å². The van der Waals surface area contributed by atoms with Crippen LogP contribution in [0.3, 0.4) is 0 Å². The summed E-state index contributed by atoms with van der Waals surface area (Å²) < 4.78 is 7.65. The maximum atomic E-state index is 10.2. The van der Waals surface area contributed by atoms with Gasteiger partial charge in [-0.2, -0.15) is 5.10 Å². The lowest BCUT2D eigenvalue weighted by atomic mass is 10.1. The smallest absolute Gasteiger partial charge is 0.130 e. The molecule has 0 fully saturated rings. The number of ether oxygens (including phenoxy) is 1. The zero-order valence-corrected chi connectivity index (χ0v) is 15.9. The lowest BCUT2D eigenvalue weighted by Gasteiger charge is -2.18. The second kappa shape index (κ2) is 8.99. The van der Waals surface area contributed by atoms with Crippen LogP contribution in [0.4, 0.5) is 5.82 Å². The number of nitrogens with zero attached hydrogens (tertiary/aromatic N) is 3. The minimum absolute atomic E-state index is 0.0308. The Kier molecular flexibility index (Phi) is 6.99. The van der Waals surface area contributed by atoms with E-state index in [1.165, 1.54) is 0 Å². The van der Waals surface area contributed by atoms with Gasteiger partial charge in [-0.1, -0.05) is 30.3 Å². The highest BCUT2D eigenvalue weighted by molar-refractivity contribution is 5.48. The summed E-state index contributed by atoms with van der Waals surface area (Å²) in [4.78, 5) is 2.05. The molecule has 2 N–H and O–H groups in total. The van der Waals surface area contributed by atoms with Crippen molar-refractivity contribution in [2.75, 3.05) is 32.1 Å². The number of aryl methyl sites for hydroxylation is 2. The molecule has 0 aliphatic carbocycles. The molecule has 0 saturated carbocycles. The third kappa shape index (κ3) is 5.29. The first kappa shape index (κ1) is 19.4. The third-order valence-electron chi connectivity index (χ3n) is 4.23. The number of aromatic nitrogens is 2. The topological polar surface area (TPSA) is 62.6 Å². The average molecular weight is 346 g/mol. The molecule has 0 unspecified atom stereocenters. The van der Waals surface area contributed by atoms with Crippen LogP contribution in [0, 0.1) is 6.92 Å². The first-order valence-corrected chi connectivity index (χ1v) is 8.65. The number of hydrogen-bond acceptors (Lipinski definition) is 5. The van der Waals surface area contributed by atoms with Crippen LogP contribution in [-0.4, -0.2) is 48.2 Å². The zero-order valence-electron chi connectivity index (χ0n) is 15.9. The number of rotatable bonds is 9. The standard InChI is InChI=1S/C19H30N4O2/c1-14-18(19(22(3)4)23(5)21-14)12-20-11-17(24)13-25-15(2)16-9-7-6-8-10-16/h6-10,15,17,20,24H,11-13H2,1-5H3/t15-,17+/m0/s1. The summed E-state index contributed by atoms with van der Waals surface area (Å²) in [7, 11) is 5.96. The van der Waals surface area contributed by atoms with E-state index in [1.54, 1.807) is 0 Å². The fourth-order valence-electron chi connectivity index (χ4n) is 2.95. The van der Waals surface area contributed by atoms with Gasteiger partial charge in [0.05, 0.1) is 24.5 Å². The van der Waals surface area contributed by atoms with Gasteiger partial charge in [-0.15, -0.1) is 0 Å². The fraction of sp³-hybridized carbons (Fsp3) is 0.526. The molecule has 2 aromatic rings. The van der Waals surface area contributed by atoms with Crippen LogP contribution >= 0.6 is 0 Å². The van der Waals surface area contributed by atoms with Crippen molar-refractivity contribution in [1.82, 2.24) is 15.1 Å². The van der Waals surface area contributed by atoms with Crippen LogP contribution < -0.4 is 10.2 Å². The Morgan fingerprint density at radius 2 is 1.96 bits per heavy atom. The van der Waals surface area contributed by atoms with Crippen LogP contribution in [0.15, 0.2) is 30.3 Å². The van der Waals surface area contributed by atoms with Gasteiger partial charge in [-0.25, -0.2) is 0 Å². The Labute approximate surface area is 150 Å². The monoisotopic (exact) mass is 346 g/mol. The van der Waals surface area contributed by atoms with Crippen LogP contribution in [-0.2, 0) is 18.3 Å². The molecular formula is C19H30N4O2. The number of anilines is 1. The van der Waals surface area contributed by atoms with E-state index >= 15 is 0 Å². The van der Waals surface area contributed by atoms with Crippen molar-refractivity contribution < 1.29 is 9.84 Å². The molecule has 0 saturated heterocycles. The highest BCUT2D eigenvalue weighted by Crippen LogP contribution is 2.21. The molecule has 138 valence electrons. The zero-order chi connectivity index (χ0) is 18.4. The highest BCUT2D eigenvalue weighted by atomic mass is 16.5. The molecule has 0 amide bonds. The van der Waals surface area contributed by atoms with Crippen molar-refractivity contribution >= 4 is 5.82 Å². The molecule has 2 rings (SSSR count). The summed E-state index contributed by atoms with van der Waals surface area (Å²) in [5.74, 6) is 1.08. The van der Waals surface area contributed by atoms with Crippen molar-refractivity contribution in [3.05, 3.63) is 47.2 Å². The van der Waals surface area contributed by atoms with Gasteiger partial charge in [0.1, 0.15) is 5.82 Å². The number of aliphatic hydroxyl groups is 1. The molecule has 0 spiro atoms. The summed E-state index contributed by atoms with van der Waals surface area (Å²) in [6, 6.07) is 10.0. The average Bonchev–Trinajstić information content (AvgIpc) is 2.87. The van der Waals surface area contributed by atoms with Gasteiger partial charge >= 0.3 is 0 Å². The molecule has 0 aliphatic heterocycles. The second-order valence-electron chi connectivity index (χ2n) is 6.58. The van der Waals surface area contributed by atoms with Gasteiger partial charge in [0.2, 0.25) is 0 Å². The third-order valence-corrected chi connectivity index (χ3v) is 4.23. The molecule has 2 atom stereocenters. The second-order valence-corrected chi connectivity index (χ2v) is 6.58.